The van der Waals surface area contributed by atoms with Crippen LogP contribution >= 0.6 is 15.9 Å². The second-order valence-corrected chi connectivity index (χ2v) is 7.05. The van der Waals surface area contributed by atoms with Crippen LogP contribution in [-0.4, -0.2) is 24.6 Å². The van der Waals surface area contributed by atoms with E-state index in [0.29, 0.717) is 5.75 Å². The van der Waals surface area contributed by atoms with Gasteiger partial charge in [-0.3, -0.25) is 4.79 Å². The summed E-state index contributed by atoms with van der Waals surface area (Å²) in [4.78, 5) is 24.2. The van der Waals surface area contributed by atoms with Gasteiger partial charge in [0.1, 0.15) is 5.75 Å². The van der Waals surface area contributed by atoms with Gasteiger partial charge in [-0.25, -0.2) is 4.79 Å². The van der Waals surface area contributed by atoms with Gasteiger partial charge in [-0.2, -0.15) is 0 Å². The van der Waals surface area contributed by atoms with E-state index in [4.69, 9.17) is 9.47 Å². The number of hydrogen-bond donors (Lipinski definition) is 1. The van der Waals surface area contributed by atoms with E-state index in [0.717, 1.165) is 26.9 Å². The lowest BCUT2D eigenvalue weighted by Crippen LogP contribution is -2.32. The summed E-state index contributed by atoms with van der Waals surface area (Å²) in [5.41, 5.74) is 3.80. The van der Waals surface area contributed by atoms with Gasteiger partial charge in [0.2, 0.25) is 0 Å². The molecule has 6 heteroatoms. The van der Waals surface area contributed by atoms with Crippen LogP contribution in [0.25, 0.3) is 0 Å². The molecule has 0 aromatic heterocycles. The van der Waals surface area contributed by atoms with Crippen LogP contribution in [0.4, 0.5) is 5.69 Å². The molecule has 0 saturated carbocycles. The van der Waals surface area contributed by atoms with Crippen LogP contribution in [-0.2, 0) is 14.3 Å². The summed E-state index contributed by atoms with van der Waals surface area (Å²) in [6.45, 7) is 7.13. The van der Waals surface area contributed by atoms with Crippen molar-refractivity contribution in [3.05, 3.63) is 57.6 Å². The molecule has 0 radical (unpaired) electrons. The fourth-order valence-corrected chi connectivity index (χ4v) is 2.82. The van der Waals surface area contributed by atoms with E-state index in [1.807, 2.05) is 45.0 Å². The highest BCUT2D eigenvalue weighted by Crippen LogP contribution is 2.22. The Hall–Kier alpha value is -2.34. The summed E-state index contributed by atoms with van der Waals surface area (Å²) < 4.78 is 11.4. The van der Waals surface area contributed by atoms with Gasteiger partial charge >= 0.3 is 5.97 Å². The zero-order chi connectivity index (χ0) is 19.3. The Balaban J connectivity index is 1.88. The van der Waals surface area contributed by atoms with Gasteiger partial charge in [-0.05, 0) is 63.1 Å². The molecular weight excluding hydrogens is 398 g/mol. The maximum absolute atomic E-state index is 12.3. The highest BCUT2D eigenvalue weighted by Gasteiger charge is 2.19. The summed E-state index contributed by atoms with van der Waals surface area (Å²) >= 11 is 3.32. The van der Waals surface area contributed by atoms with E-state index in [2.05, 4.69) is 21.2 Å². The Morgan fingerprint density at radius 2 is 1.65 bits per heavy atom. The molecule has 0 aliphatic carbocycles. The number of nitrogens with one attached hydrogen (secondary N) is 1. The highest BCUT2D eigenvalue weighted by atomic mass is 79.9. The average Bonchev–Trinajstić information content (AvgIpc) is 2.57. The molecule has 0 bridgehead atoms. The van der Waals surface area contributed by atoms with Crippen LogP contribution < -0.4 is 10.1 Å². The molecule has 1 N–H and O–H groups in total. The van der Waals surface area contributed by atoms with Crippen LogP contribution in [0.3, 0.4) is 0 Å². The largest absolute Gasteiger partial charge is 0.482 e. The first-order valence-corrected chi connectivity index (χ1v) is 9.02. The van der Waals surface area contributed by atoms with E-state index in [9.17, 15) is 9.59 Å². The molecule has 0 fully saturated rings. The smallest absolute Gasteiger partial charge is 0.344 e. The molecule has 1 atom stereocenters. The lowest BCUT2D eigenvalue weighted by molar-refractivity contribution is -0.155. The van der Waals surface area contributed by atoms with E-state index in [1.54, 1.807) is 12.1 Å². The maximum Gasteiger partial charge on any atom is 0.344 e. The molecule has 0 spiro atoms. The van der Waals surface area contributed by atoms with Crippen molar-refractivity contribution in [3.63, 3.8) is 0 Å². The fraction of sp³-hybridized carbons (Fsp3) is 0.300. The van der Waals surface area contributed by atoms with Crippen molar-refractivity contribution in [1.82, 2.24) is 0 Å². The van der Waals surface area contributed by atoms with Crippen molar-refractivity contribution < 1.29 is 19.1 Å². The zero-order valence-corrected chi connectivity index (χ0v) is 16.8. The van der Waals surface area contributed by atoms with Crippen molar-refractivity contribution in [2.45, 2.75) is 33.8 Å². The van der Waals surface area contributed by atoms with E-state index in [1.165, 1.54) is 6.92 Å². The quantitative estimate of drug-likeness (QED) is 0.707. The third-order valence-electron chi connectivity index (χ3n) is 3.77. The van der Waals surface area contributed by atoms with Crippen molar-refractivity contribution >= 4 is 33.5 Å². The monoisotopic (exact) mass is 419 g/mol. The van der Waals surface area contributed by atoms with Gasteiger partial charge in [0.15, 0.2) is 12.7 Å². The minimum atomic E-state index is -0.920. The van der Waals surface area contributed by atoms with E-state index < -0.39 is 12.1 Å². The third kappa shape index (κ3) is 5.59. The van der Waals surface area contributed by atoms with Crippen molar-refractivity contribution in [2.24, 2.45) is 0 Å². The molecule has 0 aliphatic rings. The molecule has 2 rings (SSSR count). The summed E-state index contributed by atoms with van der Waals surface area (Å²) in [7, 11) is 0. The Morgan fingerprint density at radius 1 is 1.08 bits per heavy atom. The molecule has 0 aliphatic heterocycles. The normalized spacial score (nSPS) is 11.6. The number of halogens is 1. The zero-order valence-electron chi connectivity index (χ0n) is 15.3. The number of anilines is 1. The first kappa shape index (κ1) is 20.0. The van der Waals surface area contributed by atoms with Crippen LogP contribution in [0, 0.1) is 20.8 Å². The number of benzene rings is 2. The van der Waals surface area contributed by atoms with E-state index >= 15 is 0 Å². The first-order valence-electron chi connectivity index (χ1n) is 8.23. The maximum atomic E-state index is 12.3. The Bertz CT molecular complexity index is 779. The molecule has 0 unspecified atom stereocenters. The standard InChI is InChI=1S/C20H22BrNO4/c1-12-9-13(2)19(14(3)10-12)22-20(24)15(4)26-18(23)11-25-17-7-5-16(21)6-8-17/h5-10,15H,11H2,1-4H3,(H,22,24)/t15-/m1/s1. The molecular formula is C20H22BrNO4. The first-order chi connectivity index (χ1) is 12.3. The number of hydrogen-bond acceptors (Lipinski definition) is 4. The highest BCUT2D eigenvalue weighted by molar-refractivity contribution is 9.10. The minimum Gasteiger partial charge on any atom is -0.482 e. The SMILES string of the molecule is Cc1cc(C)c(NC(=O)[C@@H](C)OC(=O)COc2ccc(Br)cc2)c(C)c1. The van der Waals surface area contributed by atoms with Gasteiger partial charge in [-0.15, -0.1) is 0 Å². The number of carbonyl (C=O) groups is 2. The van der Waals surface area contributed by atoms with Gasteiger partial charge < -0.3 is 14.8 Å². The van der Waals surface area contributed by atoms with Gasteiger partial charge in [0.05, 0.1) is 0 Å². The summed E-state index contributed by atoms with van der Waals surface area (Å²) in [6, 6.07) is 11.1. The van der Waals surface area contributed by atoms with Crippen LogP contribution in [0.15, 0.2) is 40.9 Å². The topological polar surface area (TPSA) is 64.6 Å². The van der Waals surface area contributed by atoms with Crippen molar-refractivity contribution in [1.29, 1.82) is 0 Å². The molecule has 26 heavy (non-hydrogen) atoms. The third-order valence-corrected chi connectivity index (χ3v) is 4.30. The average molecular weight is 420 g/mol. The summed E-state index contributed by atoms with van der Waals surface area (Å²) in [5, 5.41) is 2.83. The van der Waals surface area contributed by atoms with Crippen molar-refractivity contribution in [2.75, 3.05) is 11.9 Å². The lowest BCUT2D eigenvalue weighted by Gasteiger charge is -2.17. The fourth-order valence-electron chi connectivity index (χ4n) is 2.56. The predicted octanol–water partition coefficient (Wildman–Crippen LogP) is 4.32. The second kappa shape index (κ2) is 8.85. The van der Waals surface area contributed by atoms with Gasteiger partial charge in [0.25, 0.3) is 5.91 Å². The Morgan fingerprint density at radius 3 is 2.23 bits per heavy atom. The van der Waals surface area contributed by atoms with Gasteiger partial charge in [-0.1, -0.05) is 33.6 Å². The molecule has 1 amide bonds. The summed E-state index contributed by atoms with van der Waals surface area (Å²) in [5.74, 6) is -0.432. The second-order valence-electron chi connectivity index (χ2n) is 6.14. The number of amides is 1. The number of esters is 1. The Kier molecular flexibility index (Phi) is 6.80. The molecule has 5 nitrogen and oxygen atoms in total. The number of carbonyl (C=O) groups excluding carboxylic acids is 2. The number of ether oxygens (including phenoxy) is 2. The molecule has 0 heterocycles. The molecule has 0 saturated heterocycles. The molecule has 2 aromatic rings. The Labute approximate surface area is 161 Å². The minimum absolute atomic E-state index is 0.262. The predicted molar refractivity (Wildman–Crippen MR) is 104 cm³/mol. The van der Waals surface area contributed by atoms with E-state index in [-0.39, 0.29) is 12.5 Å². The summed E-state index contributed by atoms with van der Waals surface area (Å²) in [6.07, 6.45) is -0.920. The number of rotatable bonds is 6. The number of aryl methyl sites for hydroxylation is 3. The molecule has 2 aromatic carbocycles. The van der Waals surface area contributed by atoms with Crippen LogP contribution in [0.1, 0.15) is 23.6 Å². The van der Waals surface area contributed by atoms with Crippen LogP contribution in [0.2, 0.25) is 0 Å². The lowest BCUT2D eigenvalue weighted by atomic mass is 10.0. The van der Waals surface area contributed by atoms with Crippen LogP contribution in [0.5, 0.6) is 5.75 Å². The molecule has 138 valence electrons. The van der Waals surface area contributed by atoms with Gasteiger partial charge in [0, 0.05) is 10.2 Å². The van der Waals surface area contributed by atoms with Crippen molar-refractivity contribution in [3.8, 4) is 5.75 Å².